The van der Waals surface area contributed by atoms with Crippen LogP contribution in [0.2, 0.25) is 0 Å². The van der Waals surface area contributed by atoms with E-state index in [0.717, 1.165) is 25.9 Å². The van der Waals surface area contributed by atoms with Gasteiger partial charge in [-0.15, -0.1) is 6.42 Å². The van der Waals surface area contributed by atoms with Crippen LogP contribution in [0.15, 0.2) is 41.3 Å². The lowest BCUT2D eigenvalue weighted by Crippen LogP contribution is -2.32. The second-order valence-electron chi connectivity index (χ2n) is 9.79. The fraction of sp³-hybridized carbons (Fsp3) is 0.387. The van der Waals surface area contributed by atoms with Crippen LogP contribution >= 0.6 is 0 Å². The molecule has 39 heavy (non-hydrogen) atoms. The maximum atomic E-state index is 14.7. The summed E-state index contributed by atoms with van der Waals surface area (Å²) < 4.78 is 27.9. The Morgan fingerprint density at radius 2 is 1.97 bits per heavy atom. The number of pyridine rings is 1. The molecule has 0 aliphatic carbocycles. The molecular formula is C31H35FN4O3. The first-order valence-electron chi connectivity index (χ1n) is 13.3. The van der Waals surface area contributed by atoms with E-state index in [4.69, 9.17) is 15.9 Å². The lowest BCUT2D eigenvalue weighted by Gasteiger charge is -2.24. The molecule has 4 rings (SSSR count). The fourth-order valence-electron chi connectivity index (χ4n) is 4.83. The Morgan fingerprint density at radius 1 is 1.18 bits per heavy atom. The van der Waals surface area contributed by atoms with Gasteiger partial charge in [-0.05, 0) is 43.3 Å². The lowest BCUT2D eigenvalue weighted by atomic mass is 9.92. The topological polar surface area (TPSA) is 78.3 Å². The van der Waals surface area contributed by atoms with Gasteiger partial charge in [-0.2, -0.15) is 9.97 Å². The molecule has 0 fully saturated rings. The van der Waals surface area contributed by atoms with Crippen molar-refractivity contribution in [1.29, 1.82) is 0 Å². The molecule has 0 spiro atoms. The predicted molar refractivity (Wildman–Crippen MR) is 153 cm³/mol. The first-order valence-corrected chi connectivity index (χ1v) is 13.3. The number of nitrogens with zero attached hydrogens (tertiary/aromatic N) is 3. The molecule has 1 N–H and O–H groups in total. The first kappa shape index (κ1) is 28.1. The number of halogens is 1. The van der Waals surface area contributed by atoms with Crippen LogP contribution in [0.1, 0.15) is 44.9 Å². The monoisotopic (exact) mass is 530 g/mol. The smallest absolute Gasteiger partial charge is 0.317 e. The zero-order valence-corrected chi connectivity index (χ0v) is 23.2. The van der Waals surface area contributed by atoms with Crippen LogP contribution < -0.4 is 20.3 Å². The predicted octanol–water partition coefficient (Wildman–Crippen LogP) is 5.41. The average molecular weight is 531 g/mol. The third-order valence-electron chi connectivity index (χ3n) is 7.28. The second kappa shape index (κ2) is 12.3. The second-order valence-corrected chi connectivity index (χ2v) is 9.79. The molecule has 2 atom stereocenters. The van der Waals surface area contributed by atoms with Gasteiger partial charge >= 0.3 is 6.01 Å². The van der Waals surface area contributed by atoms with Crippen molar-refractivity contribution in [2.24, 2.45) is 11.8 Å². The number of fused-ring (bicyclic) bond motifs is 2. The van der Waals surface area contributed by atoms with Gasteiger partial charge in [-0.1, -0.05) is 51.3 Å². The highest BCUT2D eigenvalue weighted by Gasteiger charge is 2.22. The van der Waals surface area contributed by atoms with Crippen LogP contribution in [0.4, 0.5) is 4.39 Å². The quantitative estimate of drug-likeness (QED) is 0.206. The fourth-order valence-corrected chi connectivity index (χ4v) is 4.83. The van der Waals surface area contributed by atoms with Crippen LogP contribution in [0.25, 0.3) is 27.4 Å². The zero-order chi connectivity index (χ0) is 28.1. The van der Waals surface area contributed by atoms with Crippen LogP contribution in [0.3, 0.4) is 0 Å². The Labute approximate surface area is 228 Å². The summed E-state index contributed by atoms with van der Waals surface area (Å²) in [5, 5.41) is 5.20. The summed E-state index contributed by atoms with van der Waals surface area (Å²) in [4.78, 5) is 22.7. The van der Waals surface area contributed by atoms with E-state index in [1.807, 2.05) is 6.07 Å². The van der Waals surface area contributed by atoms with E-state index in [-0.39, 0.29) is 23.0 Å². The molecule has 204 valence electrons. The SMILES string of the molecule is C#Cc1c(F)ccc2cccc(-n3cc(OC[C@H](CNCCC)[C@H](C)CC)c4c(C)nc(OC)nc4c3=O)c12. The lowest BCUT2D eigenvalue weighted by molar-refractivity contribution is 0.195. The first-order chi connectivity index (χ1) is 18.8. The highest BCUT2D eigenvalue weighted by molar-refractivity contribution is 5.96. The summed E-state index contributed by atoms with van der Waals surface area (Å²) in [6.45, 7) is 10.5. The zero-order valence-electron chi connectivity index (χ0n) is 23.2. The Bertz CT molecular complexity index is 1590. The molecule has 2 aromatic heterocycles. The Morgan fingerprint density at radius 3 is 2.67 bits per heavy atom. The molecule has 0 bridgehead atoms. The minimum absolute atomic E-state index is 0.0790. The van der Waals surface area contributed by atoms with Gasteiger partial charge in [-0.3, -0.25) is 9.36 Å². The van der Waals surface area contributed by atoms with E-state index in [9.17, 15) is 9.18 Å². The van der Waals surface area contributed by atoms with Crippen molar-refractivity contribution in [3.8, 4) is 29.8 Å². The molecular weight excluding hydrogens is 495 g/mol. The van der Waals surface area contributed by atoms with E-state index in [2.05, 4.69) is 42.0 Å². The number of hydrogen-bond donors (Lipinski definition) is 1. The maximum absolute atomic E-state index is 14.7. The van der Waals surface area contributed by atoms with E-state index in [1.54, 1.807) is 31.3 Å². The Balaban J connectivity index is 1.93. The molecule has 7 nitrogen and oxygen atoms in total. The normalized spacial score (nSPS) is 12.8. The van der Waals surface area contributed by atoms with Crippen molar-refractivity contribution in [3.63, 3.8) is 0 Å². The molecule has 2 heterocycles. The van der Waals surface area contributed by atoms with Gasteiger partial charge in [0.05, 0.1) is 42.2 Å². The number of terminal acetylenes is 1. The molecule has 0 aliphatic heterocycles. The molecule has 0 radical (unpaired) electrons. The van der Waals surface area contributed by atoms with Gasteiger partial charge in [0, 0.05) is 17.8 Å². The van der Waals surface area contributed by atoms with E-state index in [0.29, 0.717) is 45.8 Å². The molecule has 8 heteroatoms. The average Bonchev–Trinajstić information content (AvgIpc) is 2.95. The van der Waals surface area contributed by atoms with Crippen molar-refractivity contribution < 1.29 is 13.9 Å². The number of hydrogen-bond acceptors (Lipinski definition) is 6. The number of rotatable bonds is 11. The van der Waals surface area contributed by atoms with Crippen LogP contribution in [0.5, 0.6) is 11.8 Å². The van der Waals surface area contributed by atoms with Gasteiger partial charge in [0.1, 0.15) is 17.1 Å². The molecule has 0 saturated heterocycles. The molecule has 0 saturated carbocycles. The minimum atomic E-state index is -0.529. The Kier molecular flexibility index (Phi) is 8.82. The highest BCUT2D eigenvalue weighted by atomic mass is 19.1. The van der Waals surface area contributed by atoms with Crippen molar-refractivity contribution in [2.45, 2.75) is 40.5 Å². The Hall–Kier alpha value is -3.96. The standard InChI is InChI=1S/C31H35FN4O3/c1-7-15-33-16-22(19(4)8-2)18-39-26-17-36(30(37)29-27(26)20(5)34-31(35-29)38-6)25-12-10-11-21-13-14-24(32)23(9-3)28(21)25/h3,10-14,17,19,22,33H,7-8,15-16,18H2,1-2,4-6H3/t19-,22+/m1/s1. The number of benzene rings is 2. The van der Waals surface area contributed by atoms with Crippen LogP contribution in [0, 0.1) is 36.9 Å². The summed E-state index contributed by atoms with van der Waals surface area (Å²) in [6, 6.07) is 8.43. The van der Waals surface area contributed by atoms with Gasteiger partial charge in [-0.25, -0.2) is 4.39 Å². The van der Waals surface area contributed by atoms with Gasteiger partial charge in [0.15, 0.2) is 0 Å². The van der Waals surface area contributed by atoms with Gasteiger partial charge in [0.2, 0.25) is 0 Å². The van der Waals surface area contributed by atoms with Crippen LogP contribution in [-0.4, -0.2) is 41.3 Å². The maximum Gasteiger partial charge on any atom is 0.317 e. The van der Waals surface area contributed by atoms with Crippen molar-refractivity contribution in [3.05, 3.63) is 64.0 Å². The van der Waals surface area contributed by atoms with E-state index >= 15 is 0 Å². The number of methoxy groups -OCH3 is 1. The summed E-state index contributed by atoms with van der Waals surface area (Å²) >= 11 is 0. The summed E-state index contributed by atoms with van der Waals surface area (Å²) in [6.07, 6.45) is 9.41. The molecule has 0 aliphatic rings. The third kappa shape index (κ3) is 5.59. The minimum Gasteiger partial charge on any atom is -0.491 e. The van der Waals surface area contributed by atoms with Crippen LogP contribution in [-0.2, 0) is 0 Å². The van der Waals surface area contributed by atoms with E-state index < -0.39 is 11.4 Å². The molecule has 0 amide bonds. The third-order valence-corrected chi connectivity index (χ3v) is 7.28. The summed E-state index contributed by atoms with van der Waals surface area (Å²) in [5.41, 5.74) is 0.831. The number of aryl methyl sites for hydroxylation is 1. The summed E-state index contributed by atoms with van der Waals surface area (Å²) in [7, 11) is 1.45. The number of ether oxygens (including phenoxy) is 2. The highest BCUT2D eigenvalue weighted by Crippen LogP contribution is 2.32. The van der Waals surface area contributed by atoms with Crippen molar-refractivity contribution in [2.75, 3.05) is 26.8 Å². The van der Waals surface area contributed by atoms with Crippen molar-refractivity contribution in [1.82, 2.24) is 19.9 Å². The number of nitrogens with one attached hydrogen (secondary N) is 1. The van der Waals surface area contributed by atoms with E-state index in [1.165, 1.54) is 17.7 Å². The summed E-state index contributed by atoms with van der Waals surface area (Å²) in [5.74, 6) is 3.06. The number of aromatic nitrogens is 3. The molecule has 2 aromatic carbocycles. The van der Waals surface area contributed by atoms with Crippen molar-refractivity contribution >= 4 is 21.7 Å². The molecule has 4 aromatic rings. The van der Waals surface area contributed by atoms with Gasteiger partial charge in [0.25, 0.3) is 5.56 Å². The largest absolute Gasteiger partial charge is 0.491 e. The van der Waals surface area contributed by atoms with Gasteiger partial charge < -0.3 is 14.8 Å². The molecule has 0 unspecified atom stereocenters.